The summed E-state index contributed by atoms with van der Waals surface area (Å²) in [6, 6.07) is 14.2. The number of piperazine rings is 2. The van der Waals surface area contributed by atoms with Crippen molar-refractivity contribution in [1.29, 1.82) is 0 Å². The number of carbonyl (C=O) groups is 1. The molecule has 0 bridgehead atoms. The van der Waals surface area contributed by atoms with E-state index in [-0.39, 0.29) is 12.5 Å². The fourth-order valence-electron chi connectivity index (χ4n) is 6.09. The van der Waals surface area contributed by atoms with Crippen molar-refractivity contribution in [3.05, 3.63) is 42.5 Å². The zero-order chi connectivity index (χ0) is 29.1. The molecule has 4 aromatic rings. The van der Waals surface area contributed by atoms with Crippen LogP contribution < -0.4 is 19.9 Å². The average Bonchev–Trinajstić information content (AvgIpc) is 3.39. The molecule has 0 aliphatic carbocycles. The Morgan fingerprint density at radius 2 is 1.55 bits per heavy atom. The van der Waals surface area contributed by atoms with Crippen molar-refractivity contribution in [2.75, 3.05) is 105 Å². The molecule has 0 spiro atoms. The van der Waals surface area contributed by atoms with Gasteiger partial charge in [0, 0.05) is 84.6 Å². The number of benzene rings is 2. The standard InChI is InChI=1S/C32H43N7O3/c1-35-14-18-38(19-15-35)12-10-33-29(40)23-41-24-8-9-28-26(22-24)31-32(42-28)30(25-6-4-5-7-27(25)37(31)3)34-11-13-39-20-16-36(2)17-21-39/h4-9,22H,10-21,23H2,1-3H3,(H,33,40)/p+1. The van der Waals surface area contributed by atoms with Crippen molar-refractivity contribution < 1.29 is 18.5 Å². The largest absolute Gasteiger partial charge is 0.484 e. The molecule has 2 aliphatic rings. The summed E-state index contributed by atoms with van der Waals surface area (Å²) >= 11 is 0. The van der Waals surface area contributed by atoms with Gasteiger partial charge in [-0.15, -0.1) is 0 Å². The molecular formula is C32H44N7O3+. The molecule has 0 unspecified atom stereocenters. The number of anilines is 1. The Morgan fingerprint density at radius 1 is 0.881 bits per heavy atom. The molecule has 10 heteroatoms. The first kappa shape index (κ1) is 28.7. The molecule has 42 heavy (non-hydrogen) atoms. The van der Waals surface area contributed by atoms with Crippen molar-refractivity contribution in [3.63, 3.8) is 0 Å². The normalized spacial score (nSPS) is 17.8. The number of furan rings is 1. The number of rotatable bonds is 10. The van der Waals surface area contributed by atoms with Crippen LogP contribution in [0.3, 0.4) is 0 Å². The maximum absolute atomic E-state index is 12.5. The maximum Gasteiger partial charge on any atom is 0.261 e. The van der Waals surface area contributed by atoms with Gasteiger partial charge in [0.05, 0.1) is 16.5 Å². The van der Waals surface area contributed by atoms with E-state index in [1.54, 1.807) is 0 Å². The van der Waals surface area contributed by atoms with E-state index >= 15 is 0 Å². The molecule has 1 amide bonds. The van der Waals surface area contributed by atoms with Crippen LogP contribution in [0.15, 0.2) is 46.9 Å². The van der Waals surface area contributed by atoms with E-state index in [1.807, 2.05) is 18.2 Å². The van der Waals surface area contributed by atoms with Crippen molar-refractivity contribution in [2.24, 2.45) is 7.05 Å². The summed E-state index contributed by atoms with van der Waals surface area (Å²) in [5.41, 5.74) is 4.78. The lowest BCUT2D eigenvalue weighted by molar-refractivity contribution is -0.616. The summed E-state index contributed by atoms with van der Waals surface area (Å²) in [6.07, 6.45) is 0. The monoisotopic (exact) mass is 574 g/mol. The molecule has 2 aromatic heterocycles. The second-order valence-corrected chi connectivity index (χ2v) is 11.7. The van der Waals surface area contributed by atoms with Crippen molar-refractivity contribution in [3.8, 4) is 5.75 Å². The van der Waals surface area contributed by atoms with Gasteiger partial charge in [0.2, 0.25) is 11.1 Å². The number of carbonyl (C=O) groups excluding carboxylic acids is 1. The number of nitrogens with one attached hydrogen (secondary N) is 2. The highest BCUT2D eigenvalue weighted by Gasteiger charge is 2.25. The summed E-state index contributed by atoms with van der Waals surface area (Å²) in [5.74, 6) is 0.543. The van der Waals surface area contributed by atoms with Gasteiger partial charge in [-0.2, -0.15) is 4.57 Å². The minimum atomic E-state index is -0.107. The highest BCUT2D eigenvalue weighted by atomic mass is 16.5. The van der Waals surface area contributed by atoms with Crippen molar-refractivity contribution in [2.45, 2.75) is 0 Å². The smallest absolute Gasteiger partial charge is 0.261 e. The number of aromatic nitrogens is 1. The number of aryl methyl sites for hydroxylation is 1. The van der Waals surface area contributed by atoms with Gasteiger partial charge in [-0.25, -0.2) is 0 Å². The predicted octanol–water partition coefficient (Wildman–Crippen LogP) is 1.97. The summed E-state index contributed by atoms with van der Waals surface area (Å²) in [4.78, 5) is 22.1. The SMILES string of the molecule is CN1CCN(CCNC(=O)COc2ccc3oc4c(NCCN5CCN(C)CC5)c5ccccc5[n+](C)c4c3c2)CC1. The molecule has 2 saturated heterocycles. The number of ether oxygens (including phenoxy) is 1. The quantitative estimate of drug-likeness (QED) is 0.279. The molecule has 2 N–H and O–H groups in total. The van der Waals surface area contributed by atoms with E-state index in [9.17, 15) is 4.79 Å². The number of hydrogen-bond donors (Lipinski definition) is 2. The first-order valence-corrected chi connectivity index (χ1v) is 15.2. The van der Waals surface area contributed by atoms with Crippen LogP contribution in [-0.2, 0) is 11.8 Å². The van der Waals surface area contributed by atoms with Crippen LogP contribution in [-0.4, -0.2) is 125 Å². The Kier molecular flexibility index (Phi) is 8.76. The molecule has 0 saturated carbocycles. The van der Waals surface area contributed by atoms with E-state index in [1.165, 1.54) is 0 Å². The highest BCUT2D eigenvalue weighted by molar-refractivity contribution is 6.11. The van der Waals surface area contributed by atoms with E-state index in [2.05, 4.69) is 80.2 Å². The van der Waals surface area contributed by atoms with Crippen LogP contribution in [0.5, 0.6) is 5.75 Å². The maximum atomic E-state index is 12.5. The van der Waals surface area contributed by atoms with Crippen molar-refractivity contribution >= 4 is 44.6 Å². The summed E-state index contributed by atoms with van der Waals surface area (Å²) in [6.45, 7) is 12.0. The third-order valence-corrected chi connectivity index (χ3v) is 8.77. The average molecular weight is 575 g/mol. The Bertz CT molecular complexity index is 1540. The molecule has 2 aliphatic heterocycles. The molecule has 4 heterocycles. The molecule has 10 nitrogen and oxygen atoms in total. The predicted molar refractivity (Wildman–Crippen MR) is 167 cm³/mol. The van der Waals surface area contributed by atoms with Gasteiger partial charge in [-0.05, 0) is 38.4 Å². The second kappa shape index (κ2) is 12.8. The molecule has 6 rings (SSSR count). The van der Waals surface area contributed by atoms with Gasteiger partial charge >= 0.3 is 0 Å². The zero-order valence-electron chi connectivity index (χ0n) is 25.2. The van der Waals surface area contributed by atoms with Crippen LogP contribution in [0.4, 0.5) is 5.69 Å². The Hall–Kier alpha value is -3.44. The topological polar surface area (TPSA) is 80.3 Å². The number of nitrogens with zero attached hydrogens (tertiary/aromatic N) is 5. The van der Waals surface area contributed by atoms with Crippen molar-refractivity contribution in [1.82, 2.24) is 24.9 Å². The van der Waals surface area contributed by atoms with Crippen LogP contribution in [0.25, 0.3) is 33.0 Å². The number of para-hydroxylation sites is 1. The molecule has 2 aromatic carbocycles. The molecule has 0 atom stereocenters. The molecular weight excluding hydrogens is 530 g/mol. The van der Waals surface area contributed by atoms with E-state index in [4.69, 9.17) is 9.15 Å². The Labute approximate surface area is 247 Å². The third kappa shape index (κ3) is 6.32. The molecule has 224 valence electrons. The number of hydrogen-bond acceptors (Lipinski definition) is 8. The van der Waals surface area contributed by atoms with Gasteiger partial charge in [0.25, 0.3) is 11.4 Å². The number of amides is 1. The van der Waals surface area contributed by atoms with Gasteiger partial charge in [-0.3, -0.25) is 14.6 Å². The third-order valence-electron chi connectivity index (χ3n) is 8.77. The summed E-state index contributed by atoms with van der Waals surface area (Å²) < 4.78 is 14.6. The first-order valence-electron chi connectivity index (χ1n) is 15.2. The van der Waals surface area contributed by atoms with Gasteiger partial charge in [0.15, 0.2) is 6.61 Å². The number of likely N-dealkylation sites (N-methyl/N-ethyl adjacent to an activating group) is 2. The van der Waals surface area contributed by atoms with Crippen LogP contribution in [0.2, 0.25) is 0 Å². The first-order chi connectivity index (χ1) is 20.5. The van der Waals surface area contributed by atoms with E-state index < -0.39 is 0 Å². The summed E-state index contributed by atoms with van der Waals surface area (Å²) in [5, 5.41) is 8.82. The molecule has 0 radical (unpaired) electrons. The lowest BCUT2D eigenvalue weighted by Gasteiger charge is -2.32. The lowest BCUT2D eigenvalue weighted by Crippen LogP contribution is -2.47. The van der Waals surface area contributed by atoms with E-state index in [0.717, 1.165) is 111 Å². The Balaban J connectivity index is 1.16. The highest BCUT2D eigenvalue weighted by Crippen LogP contribution is 2.37. The number of fused-ring (bicyclic) bond motifs is 4. The van der Waals surface area contributed by atoms with Gasteiger partial charge in [0.1, 0.15) is 18.4 Å². The van der Waals surface area contributed by atoms with Crippen LogP contribution in [0.1, 0.15) is 0 Å². The number of pyridine rings is 1. The lowest BCUT2D eigenvalue weighted by atomic mass is 10.1. The van der Waals surface area contributed by atoms with Gasteiger partial charge in [-0.1, -0.05) is 12.1 Å². The van der Waals surface area contributed by atoms with Crippen LogP contribution in [0, 0.1) is 0 Å². The minimum absolute atomic E-state index is 0.0157. The second-order valence-electron chi connectivity index (χ2n) is 11.7. The van der Waals surface area contributed by atoms with Crippen LogP contribution >= 0.6 is 0 Å². The zero-order valence-corrected chi connectivity index (χ0v) is 25.2. The van der Waals surface area contributed by atoms with Gasteiger partial charge < -0.3 is 29.6 Å². The van der Waals surface area contributed by atoms with E-state index in [0.29, 0.717) is 12.3 Å². The Morgan fingerprint density at radius 3 is 2.26 bits per heavy atom. The fraction of sp³-hybridized carbons (Fsp3) is 0.500. The molecule has 2 fully saturated rings. The minimum Gasteiger partial charge on any atom is -0.484 e. The fourth-order valence-corrected chi connectivity index (χ4v) is 6.09. The summed E-state index contributed by atoms with van der Waals surface area (Å²) in [7, 11) is 6.41.